The molecule has 70 valence electrons. The Morgan fingerprint density at radius 3 is 2.42 bits per heavy atom. The summed E-state index contributed by atoms with van der Waals surface area (Å²) in [7, 11) is 0. The van der Waals surface area contributed by atoms with Gasteiger partial charge < -0.3 is 5.73 Å². The molecule has 12 heavy (non-hydrogen) atoms. The van der Waals surface area contributed by atoms with E-state index in [-0.39, 0.29) is 5.96 Å². The van der Waals surface area contributed by atoms with E-state index in [4.69, 9.17) is 17.0 Å². The molecule has 0 amide bonds. The largest absolute Gasteiger partial charge is 0.369 e. The van der Waals surface area contributed by atoms with Crippen LogP contribution in [0.1, 0.15) is 32.1 Å². The third-order valence-corrected chi connectivity index (χ3v) is 2.49. The van der Waals surface area contributed by atoms with Gasteiger partial charge in [0.25, 0.3) is 0 Å². The van der Waals surface area contributed by atoms with Gasteiger partial charge >= 0.3 is 0 Å². The highest BCUT2D eigenvalue weighted by Gasteiger charge is 2.15. The van der Waals surface area contributed by atoms with Crippen LogP contribution in [0, 0.1) is 11.3 Å². The first-order valence-corrected chi connectivity index (χ1v) is 4.56. The minimum atomic E-state index is -0.0272. The number of hydrazine groups is 1. The summed E-state index contributed by atoms with van der Waals surface area (Å²) in [6.07, 6.45) is 6.43. The zero-order valence-corrected chi connectivity index (χ0v) is 7.42. The zero-order chi connectivity index (χ0) is 8.97. The second kappa shape index (κ2) is 4.30. The van der Waals surface area contributed by atoms with Gasteiger partial charge in [0.2, 0.25) is 5.96 Å². The van der Waals surface area contributed by atoms with Gasteiger partial charge in [-0.1, -0.05) is 19.3 Å². The zero-order valence-electron chi connectivity index (χ0n) is 7.42. The van der Waals surface area contributed by atoms with E-state index in [1.165, 1.54) is 37.1 Å². The van der Waals surface area contributed by atoms with E-state index in [0.29, 0.717) is 5.92 Å². The van der Waals surface area contributed by atoms with E-state index < -0.39 is 0 Å². The summed E-state index contributed by atoms with van der Waals surface area (Å²) >= 11 is 0. The Morgan fingerprint density at radius 2 is 1.92 bits per heavy atom. The molecule has 1 aliphatic carbocycles. The number of nitrogens with zero attached hydrogens (tertiary/aromatic N) is 1. The van der Waals surface area contributed by atoms with Gasteiger partial charge in [0.15, 0.2) is 0 Å². The monoisotopic (exact) mass is 170 g/mol. The summed E-state index contributed by atoms with van der Waals surface area (Å²) in [6, 6.07) is 0. The first-order valence-electron chi connectivity index (χ1n) is 4.56. The Hall–Kier alpha value is -0.770. The average Bonchev–Trinajstić information content (AvgIpc) is 2.06. The molecule has 0 heterocycles. The molecule has 0 radical (unpaired) electrons. The second-order valence-corrected chi connectivity index (χ2v) is 3.54. The van der Waals surface area contributed by atoms with Gasteiger partial charge in [0.05, 0.1) is 0 Å². The Kier molecular flexibility index (Phi) is 3.34. The molecule has 0 atom stereocenters. The molecule has 0 saturated heterocycles. The maximum absolute atomic E-state index is 7.10. The summed E-state index contributed by atoms with van der Waals surface area (Å²) < 4.78 is 0. The quantitative estimate of drug-likeness (QED) is 0.246. The fourth-order valence-electron chi connectivity index (χ4n) is 1.75. The van der Waals surface area contributed by atoms with Crippen LogP contribution in [0.2, 0.25) is 0 Å². The van der Waals surface area contributed by atoms with Gasteiger partial charge in [-0.3, -0.25) is 10.4 Å². The molecule has 1 aliphatic rings. The SMILES string of the molecule is N=C(N)N(N)CC1CCCCC1. The van der Waals surface area contributed by atoms with Gasteiger partial charge in [-0.05, 0) is 18.8 Å². The molecular formula is C8H18N4. The normalized spacial score (nSPS) is 19.1. The topological polar surface area (TPSA) is 79.1 Å². The standard InChI is InChI=1S/C8H18N4/c9-8(10)12(11)6-7-4-2-1-3-5-7/h7H,1-6,11H2,(H3,9,10). The Bertz CT molecular complexity index is 151. The fourth-order valence-corrected chi connectivity index (χ4v) is 1.75. The smallest absolute Gasteiger partial charge is 0.202 e. The lowest BCUT2D eigenvalue weighted by atomic mass is 9.89. The van der Waals surface area contributed by atoms with Crippen LogP contribution in [-0.2, 0) is 0 Å². The number of guanidine groups is 1. The van der Waals surface area contributed by atoms with Gasteiger partial charge in [0, 0.05) is 6.54 Å². The predicted molar refractivity (Wildman–Crippen MR) is 49.4 cm³/mol. The molecule has 0 aromatic heterocycles. The van der Waals surface area contributed by atoms with Crippen molar-refractivity contribution in [2.45, 2.75) is 32.1 Å². The molecule has 4 heteroatoms. The van der Waals surface area contributed by atoms with Crippen molar-refractivity contribution >= 4 is 5.96 Å². The molecule has 0 aliphatic heterocycles. The van der Waals surface area contributed by atoms with Gasteiger partial charge in [-0.2, -0.15) is 0 Å². The highest BCUT2D eigenvalue weighted by molar-refractivity contribution is 5.73. The molecule has 1 rings (SSSR count). The van der Waals surface area contributed by atoms with Crippen molar-refractivity contribution in [2.75, 3.05) is 6.54 Å². The van der Waals surface area contributed by atoms with E-state index in [9.17, 15) is 0 Å². The molecule has 1 saturated carbocycles. The Balaban J connectivity index is 2.24. The average molecular weight is 170 g/mol. The first-order chi connectivity index (χ1) is 5.70. The molecule has 0 unspecified atom stereocenters. The van der Waals surface area contributed by atoms with Crippen LogP contribution in [0.3, 0.4) is 0 Å². The van der Waals surface area contributed by atoms with Crippen LogP contribution in [0.15, 0.2) is 0 Å². The molecule has 0 aromatic rings. The molecule has 0 spiro atoms. The van der Waals surface area contributed by atoms with Crippen molar-refractivity contribution in [3.8, 4) is 0 Å². The summed E-state index contributed by atoms with van der Waals surface area (Å²) in [6.45, 7) is 0.745. The fraction of sp³-hybridized carbons (Fsp3) is 0.875. The van der Waals surface area contributed by atoms with Crippen molar-refractivity contribution in [3.63, 3.8) is 0 Å². The van der Waals surface area contributed by atoms with Crippen molar-refractivity contribution in [1.29, 1.82) is 5.41 Å². The van der Waals surface area contributed by atoms with Crippen molar-refractivity contribution in [3.05, 3.63) is 0 Å². The maximum Gasteiger partial charge on any atom is 0.202 e. The van der Waals surface area contributed by atoms with Crippen LogP contribution in [0.5, 0.6) is 0 Å². The maximum atomic E-state index is 7.10. The van der Waals surface area contributed by atoms with E-state index in [0.717, 1.165) is 6.54 Å². The Labute approximate surface area is 73.4 Å². The highest BCUT2D eigenvalue weighted by atomic mass is 15.4. The lowest BCUT2D eigenvalue weighted by Gasteiger charge is -2.26. The van der Waals surface area contributed by atoms with E-state index in [1.807, 2.05) is 0 Å². The van der Waals surface area contributed by atoms with Crippen LogP contribution < -0.4 is 11.6 Å². The third kappa shape index (κ3) is 2.70. The predicted octanol–water partition coefficient (Wildman–Crippen LogP) is 0.636. The lowest BCUT2D eigenvalue weighted by molar-refractivity contribution is 0.275. The van der Waals surface area contributed by atoms with E-state index in [2.05, 4.69) is 0 Å². The van der Waals surface area contributed by atoms with Crippen LogP contribution in [0.4, 0.5) is 0 Å². The number of hydrogen-bond acceptors (Lipinski definition) is 2. The van der Waals surface area contributed by atoms with Crippen LogP contribution in [-0.4, -0.2) is 17.5 Å². The van der Waals surface area contributed by atoms with Crippen LogP contribution in [0.25, 0.3) is 0 Å². The minimum Gasteiger partial charge on any atom is -0.369 e. The van der Waals surface area contributed by atoms with E-state index in [1.54, 1.807) is 0 Å². The number of hydrogen-bond donors (Lipinski definition) is 3. The summed E-state index contributed by atoms with van der Waals surface area (Å²) in [5, 5.41) is 8.44. The molecule has 5 N–H and O–H groups in total. The third-order valence-electron chi connectivity index (χ3n) is 2.49. The highest BCUT2D eigenvalue weighted by Crippen LogP contribution is 2.23. The first kappa shape index (κ1) is 9.32. The number of rotatable bonds is 2. The van der Waals surface area contributed by atoms with E-state index >= 15 is 0 Å². The van der Waals surface area contributed by atoms with Crippen LogP contribution >= 0.6 is 0 Å². The second-order valence-electron chi connectivity index (χ2n) is 3.54. The summed E-state index contributed by atoms with van der Waals surface area (Å²) in [5.74, 6) is 6.15. The molecule has 0 bridgehead atoms. The van der Waals surface area contributed by atoms with Gasteiger partial charge in [-0.25, -0.2) is 5.84 Å². The van der Waals surface area contributed by atoms with Gasteiger partial charge in [-0.15, -0.1) is 0 Å². The molecule has 1 fully saturated rings. The molecule has 0 aromatic carbocycles. The van der Waals surface area contributed by atoms with Crippen molar-refractivity contribution < 1.29 is 0 Å². The Morgan fingerprint density at radius 1 is 1.33 bits per heavy atom. The minimum absolute atomic E-state index is 0.0272. The number of nitrogens with one attached hydrogen (secondary N) is 1. The van der Waals surface area contributed by atoms with Crippen molar-refractivity contribution in [2.24, 2.45) is 17.5 Å². The number of nitrogens with two attached hydrogens (primary N) is 2. The molecule has 4 nitrogen and oxygen atoms in total. The summed E-state index contributed by atoms with van der Waals surface area (Å²) in [4.78, 5) is 0. The van der Waals surface area contributed by atoms with Crippen molar-refractivity contribution in [1.82, 2.24) is 5.01 Å². The lowest BCUT2D eigenvalue weighted by Crippen LogP contribution is -2.45. The van der Waals surface area contributed by atoms with Gasteiger partial charge in [0.1, 0.15) is 0 Å². The molecular weight excluding hydrogens is 152 g/mol. The summed E-state index contributed by atoms with van der Waals surface area (Å²) in [5.41, 5.74) is 5.24.